The Morgan fingerprint density at radius 3 is 2.50 bits per heavy atom. The molecule has 0 aliphatic carbocycles. The summed E-state index contributed by atoms with van der Waals surface area (Å²) in [6, 6.07) is 11.6. The standard InChI is InChI=1S/C16H17ClFNO2.ClH/c1-20-10-9-14(19)12-7-8-13(17)16(15(12)18)21-11-5-3-2-4-6-11;/h2-8,14H,9-10,19H2,1H3;1H/t14-;/m1./s1. The molecular formula is C16H18Cl2FNO2. The highest BCUT2D eigenvalue weighted by Gasteiger charge is 2.19. The van der Waals surface area contributed by atoms with Crippen molar-refractivity contribution >= 4 is 24.0 Å². The zero-order valence-corrected chi connectivity index (χ0v) is 13.7. The number of benzene rings is 2. The van der Waals surface area contributed by atoms with Crippen molar-refractivity contribution in [2.24, 2.45) is 5.73 Å². The maximum absolute atomic E-state index is 14.6. The van der Waals surface area contributed by atoms with E-state index in [1.807, 2.05) is 6.07 Å². The Morgan fingerprint density at radius 1 is 1.18 bits per heavy atom. The number of hydrogen-bond donors (Lipinski definition) is 1. The summed E-state index contributed by atoms with van der Waals surface area (Å²) in [6.45, 7) is 0.456. The van der Waals surface area contributed by atoms with Gasteiger partial charge in [0.25, 0.3) is 0 Å². The second-order valence-corrected chi connectivity index (χ2v) is 4.99. The zero-order chi connectivity index (χ0) is 15.2. The average Bonchev–Trinajstić information content (AvgIpc) is 2.50. The van der Waals surface area contributed by atoms with Crippen molar-refractivity contribution in [1.29, 1.82) is 0 Å². The molecule has 0 spiro atoms. The fraction of sp³-hybridized carbons (Fsp3) is 0.250. The summed E-state index contributed by atoms with van der Waals surface area (Å²) in [5.74, 6) is -0.0240. The van der Waals surface area contributed by atoms with E-state index < -0.39 is 11.9 Å². The van der Waals surface area contributed by atoms with Crippen LogP contribution in [0.25, 0.3) is 0 Å². The van der Waals surface area contributed by atoms with Crippen molar-refractivity contribution in [2.75, 3.05) is 13.7 Å². The molecule has 0 aromatic heterocycles. The minimum absolute atomic E-state index is 0. The molecule has 2 aromatic rings. The summed E-state index contributed by atoms with van der Waals surface area (Å²) in [4.78, 5) is 0. The largest absolute Gasteiger partial charge is 0.453 e. The van der Waals surface area contributed by atoms with Crippen LogP contribution in [0.15, 0.2) is 42.5 Å². The summed E-state index contributed by atoms with van der Waals surface area (Å²) in [5.41, 5.74) is 6.34. The molecule has 22 heavy (non-hydrogen) atoms. The van der Waals surface area contributed by atoms with Crippen molar-refractivity contribution in [2.45, 2.75) is 12.5 Å². The van der Waals surface area contributed by atoms with Crippen molar-refractivity contribution in [3.63, 3.8) is 0 Å². The van der Waals surface area contributed by atoms with Gasteiger partial charge in [0, 0.05) is 25.3 Å². The molecular weight excluding hydrogens is 328 g/mol. The molecule has 1 atom stereocenters. The van der Waals surface area contributed by atoms with Crippen LogP contribution < -0.4 is 10.5 Å². The van der Waals surface area contributed by atoms with Gasteiger partial charge in [-0.1, -0.05) is 35.9 Å². The van der Waals surface area contributed by atoms with Gasteiger partial charge >= 0.3 is 0 Å². The predicted molar refractivity (Wildman–Crippen MR) is 88.6 cm³/mol. The molecule has 0 saturated heterocycles. The molecule has 0 aliphatic heterocycles. The van der Waals surface area contributed by atoms with Crippen LogP contribution >= 0.6 is 24.0 Å². The molecule has 0 aliphatic rings. The molecule has 120 valence electrons. The average molecular weight is 346 g/mol. The Balaban J connectivity index is 0.00000242. The smallest absolute Gasteiger partial charge is 0.181 e. The third-order valence-electron chi connectivity index (χ3n) is 3.07. The fourth-order valence-corrected chi connectivity index (χ4v) is 2.12. The van der Waals surface area contributed by atoms with Crippen molar-refractivity contribution in [1.82, 2.24) is 0 Å². The molecule has 0 bridgehead atoms. The lowest BCUT2D eigenvalue weighted by atomic mass is 10.0. The highest BCUT2D eigenvalue weighted by atomic mass is 35.5. The molecule has 6 heteroatoms. The lowest BCUT2D eigenvalue weighted by Gasteiger charge is -2.16. The van der Waals surface area contributed by atoms with Gasteiger partial charge in [0.1, 0.15) is 5.75 Å². The minimum Gasteiger partial charge on any atom is -0.453 e. The van der Waals surface area contributed by atoms with Crippen LogP contribution in [0, 0.1) is 5.82 Å². The Kier molecular flexibility index (Phi) is 7.62. The van der Waals surface area contributed by atoms with Gasteiger partial charge in [-0.05, 0) is 24.6 Å². The SMILES string of the molecule is COCC[C@@H](N)c1ccc(Cl)c(Oc2ccccc2)c1F.Cl. The van der Waals surface area contributed by atoms with E-state index in [2.05, 4.69) is 0 Å². The molecule has 0 heterocycles. The van der Waals surface area contributed by atoms with E-state index in [1.165, 1.54) is 0 Å². The Labute approximate surface area is 140 Å². The molecule has 0 fully saturated rings. The van der Waals surface area contributed by atoms with Gasteiger partial charge in [-0.3, -0.25) is 0 Å². The van der Waals surface area contributed by atoms with Gasteiger partial charge < -0.3 is 15.2 Å². The summed E-state index contributed by atoms with van der Waals surface area (Å²) in [5, 5.41) is 0.207. The van der Waals surface area contributed by atoms with Crippen LogP contribution in [0.5, 0.6) is 11.5 Å². The van der Waals surface area contributed by atoms with E-state index in [-0.39, 0.29) is 23.2 Å². The van der Waals surface area contributed by atoms with Crippen LogP contribution in [-0.2, 0) is 4.74 Å². The molecule has 0 amide bonds. The minimum atomic E-state index is -0.532. The molecule has 2 aromatic carbocycles. The number of hydrogen-bond acceptors (Lipinski definition) is 3. The summed E-state index contributed by atoms with van der Waals surface area (Å²) in [6.07, 6.45) is 0.514. The summed E-state index contributed by atoms with van der Waals surface area (Å²) in [7, 11) is 1.58. The lowest BCUT2D eigenvalue weighted by Crippen LogP contribution is -2.14. The Hall–Kier alpha value is -1.33. The van der Waals surface area contributed by atoms with Crippen LogP contribution in [-0.4, -0.2) is 13.7 Å². The van der Waals surface area contributed by atoms with E-state index >= 15 is 0 Å². The van der Waals surface area contributed by atoms with E-state index in [4.69, 9.17) is 26.8 Å². The van der Waals surface area contributed by atoms with E-state index in [9.17, 15) is 4.39 Å². The highest BCUT2D eigenvalue weighted by molar-refractivity contribution is 6.32. The van der Waals surface area contributed by atoms with Gasteiger partial charge in [0.2, 0.25) is 0 Å². The van der Waals surface area contributed by atoms with E-state index in [0.29, 0.717) is 24.3 Å². The quantitative estimate of drug-likeness (QED) is 0.822. The van der Waals surface area contributed by atoms with Crippen LogP contribution in [0.4, 0.5) is 4.39 Å². The lowest BCUT2D eigenvalue weighted by molar-refractivity contribution is 0.187. The molecule has 2 N–H and O–H groups in total. The Bertz CT molecular complexity index is 596. The van der Waals surface area contributed by atoms with Gasteiger partial charge in [-0.25, -0.2) is 4.39 Å². The third-order valence-corrected chi connectivity index (χ3v) is 3.37. The van der Waals surface area contributed by atoms with Crippen molar-refractivity contribution in [3.8, 4) is 11.5 Å². The normalized spacial score (nSPS) is 11.6. The van der Waals surface area contributed by atoms with E-state index in [1.54, 1.807) is 43.5 Å². The van der Waals surface area contributed by atoms with Crippen molar-refractivity contribution < 1.29 is 13.9 Å². The third kappa shape index (κ3) is 4.58. The number of methoxy groups -OCH3 is 1. The highest BCUT2D eigenvalue weighted by Crippen LogP contribution is 2.35. The Morgan fingerprint density at radius 2 is 1.86 bits per heavy atom. The topological polar surface area (TPSA) is 44.5 Å². The first-order valence-corrected chi connectivity index (χ1v) is 6.96. The number of halogens is 3. The maximum Gasteiger partial charge on any atom is 0.181 e. The predicted octanol–water partition coefficient (Wildman–Crippen LogP) is 4.73. The fourth-order valence-electron chi connectivity index (χ4n) is 1.93. The van der Waals surface area contributed by atoms with Gasteiger partial charge in [-0.2, -0.15) is 0 Å². The second kappa shape index (κ2) is 8.96. The second-order valence-electron chi connectivity index (χ2n) is 4.58. The molecule has 0 radical (unpaired) electrons. The monoisotopic (exact) mass is 345 g/mol. The van der Waals surface area contributed by atoms with Gasteiger partial charge in [-0.15, -0.1) is 12.4 Å². The van der Waals surface area contributed by atoms with Crippen molar-refractivity contribution in [3.05, 3.63) is 58.9 Å². The van der Waals surface area contributed by atoms with Crippen LogP contribution in [0.3, 0.4) is 0 Å². The maximum atomic E-state index is 14.6. The first-order chi connectivity index (χ1) is 10.1. The first kappa shape index (κ1) is 18.7. The number of para-hydroxylation sites is 1. The van der Waals surface area contributed by atoms with Crippen LogP contribution in [0.2, 0.25) is 5.02 Å². The molecule has 3 nitrogen and oxygen atoms in total. The molecule has 0 saturated carbocycles. The van der Waals surface area contributed by atoms with Gasteiger partial charge in [0.15, 0.2) is 11.6 Å². The van der Waals surface area contributed by atoms with Gasteiger partial charge in [0.05, 0.1) is 5.02 Å². The molecule has 0 unspecified atom stereocenters. The number of ether oxygens (including phenoxy) is 2. The summed E-state index contributed by atoms with van der Waals surface area (Å²) < 4.78 is 25.1. The molecule has 2 rings (SSSR count). The first-order valence-electron chi connectivity index (χ1n) is 6.58. The number of rotatable bonds is 6. The number of nitrogens with two attached hydrogens (primary N) is 1. The van der Waals surface area contributed by atoms with E-state index in [0.717, 1.165) is 0 Å². The zero-order valence-electron chi connectivity index (χ0n) is 12.1. The summed E-state index contributed by atoms with van der Waals surface area (Å²) >= 11 is 6.03. The van der Waals surface area contributed by atoms with Crippen LogP contribution in [0.1, 0.15) is 18.0 Å².